The summed E-state index contributed by atoms with van der Waals surface area (Å²) < 4.78 is 5.61. The van der Waals surface area contributed by atoms with Crippen molar-refractivity contribution in [3.8, 4) is 21.7 Å². The van der Waals surface area contributed by atoms with E-state index in [-0.39, 0.29) is 5.41 Å². The molecule has 0 aliphatic rings. The van der Waals surface area contributed by atoms with Gasteiger partial charge in [-0.3, -0.25) is 0 Å². The Morgan fingerprint density at radius 1 is 0.812 bits per heavy atom. The lowest BCUT2D eigenvalue weighted by atomic mass is 9.82. The summed E-state index contributed by atoms with van der Waals surface area (Å²) in [5.41, 5.74) is 5.53. The highest BCUT2D eigenvalue weighted by Crippen LogP contribution is 2.41. The molecule has 156 valence electrons. The molecule has 0 saturated carbocycles. The summed E-state index contributed by atoms with van der Waals surface area (Å²) in [5.74, 6) is 0. The maximum Gasteiger partial charge on any atom is 0.134 e. The van der Waals surface area contributed by atoms with Crippen LogP contribution in [0.4, 0.5) is 0 Å². The fourth-order valence-electron chi connectivity index (χ4n) is 4.50. The highest BCUT2D eigenvalue weighted by molar-refractivity contribution is 7.22. The SMILES string of the molecule is CC(C)(C)c1cc(-c2ncnc3sc(-c4cccc5occc45)cc23)cc2ccccc12. The van der Waals surface area contributed by atoms with Crippen LogP contribution in [0.5, 0.6) is 0 Å². The molecule has 0 radical (unpaired) electrons. The molecule has 0 saturated heterocycles. The van der Waals surface area contributed by atoms with Crippen LogP contribution in [0.2, 0.25) is 0 Å². The first kappa shape index (κ1) is 19.2. The highest BCUT2D eigenvalue weighted by Gasteiger charge is 2.20. The van der Waals surface area contributed by atoms with Crippen molar-refractivity contribution in [1.82, 2.24) is 9.97 Å². The van der Waals surface area contributed by atoms with Gasteiger partial charge in [0.25, 0.3) is 0 Å². The molecular weight excluding hydrogens is 412 g/mol. The van der Waals surface area contributed by atoms with E-state index in [1.165, 1.54) is 26.8 Å². The third-order valence-corrected chi connectivity index (χ3v) is 7.11. The predicted octanol–water partition coefficient (Wildman–Crippen LogP) is 8.22. The number of aromatic nitrogens is 2. The molecule has 0 aliphatic heterocycles. The van der Waals surface area contributed by atoms with E-state index in [2.05, 4.69) is 74.3 Å². The minimum Gasteiger partial charge on any atom is -0.464 e. The molecule has 0 fully saturated rings. The predicted molar refractivity (Wildman–Crippen MR) is 134 cm³/mol. The van der Waals surface area contributed by atoms with E-state index < -0.39 is 0 Å². The molecule has 3 heterocycles. The van der Waals surface area contributed by atoms with Crippen LogP contribution >= 0.6 is 11.3 Å². The summed E-state index contributed by atoms with van der Waals surface area (Å²) in [6.45, 7) is 6.80. The van der Waals surface area contributed by atoms with Crippen LogP contribution in [0.1, 0.15) is 26.3 Å². The summed E-state index contributed by atoms with van der Waals surface area (Å²) >= 11 is 1.70. The lowest BCUT2D eigenvalue weighted by Gasteiger charge is -2.22. The van der Waals surface area contributed by atoms with Crippen LogP contribution in [0.25, 0.3) is 53.7 Å². The molecule has 3 nitrogen and oxygen atoms in total. The van der Waals surface area contributed by atoms with Crippen molar-refractivity contribution in [3.05, 3.63) is 84.9 Å². The van der Waals surface area contributed by atoms with E-state index in [9.17, 15) is 0 Å². The van der Waals surface area contributed by atoms with Gasteiger partial charge in [0.05, 0.1) is 12.0 Å². The van der Waals surface area contributed by atoms with Gasteiger partial charge in [0, 0.05) is 26.8 Å². The van der Waals surface area contributed by atoms with Crippen LogP contribution < -0.4 is 0 Å². The molecule has 6 rings (SSSR count). The van der Waals surface area contributed by atoms with Gasteiger partial charge in [-0.05, 0) is 52.1 Å². The highest BCUT2D eigenvalue weighted by atomic mass is 32.1. The van der Waals surface area contributed by atoms with Gasteiger partial charge >= 0.3 is 0 Å². The molecule has 3 aromatic heterocycles. The number of rotatable bonds is 2. The fourth-order valence-corrected chi connectivity index (χ4v) is 5.53. The van der Waals surface area contributed by atoms with Crippen molar-refractivity contribution >= 4 is 43.3 Å². The number of furan rings is 1. The largest absolute Gasteiger partial charge is 0.464 e. The normalized spacial score (nSPS) is 12.2. The topological polar surface area (TPSA) is 38.9 Å². The zero-order valence-electron chi connectivity index (χ0n) is 18.2. The second-order valence-electron chi connectivity index (χ2n) is 9.18. The Balaban J connectivity index is 1.60. The maximum absolute atomic E-state index is 5.61. The Hall–Kier alpha value is -3.50. The van der Waals surface area contributed by atoms with Crippen LogP contribution in [0.15, 0.2) is 83.7 Å². The molecule has 0 bridgehead atoms. The van der Waals surface area contributed by atoms with Crippen molar-refractivity contribution in [3.63, 3.8) is 0 Å². The second-order valence-corrected chi connectivity index (χ2v) is 10.2. The van der Waals surface area contributed by atoms with Crippen LogP contribution in [0.3, 0.4) is 0 Å². The van der Waals surface area contributed by atoms with Gasteiger partial charge in [-0.2, -0.15) is 0 Å². The summed E-state index contributed by atoms with van der Waals surface area (Å²) in [5, 5.41) is 4.74. The van der Waals surface area contributed by atoms with Gasteiger partial charge < -0.3 is 4.42 Å². The summed E-state index contributed by atoms with van der Waals surface area (Å²) in [6.07, 6.45) is 3.43. The number of nitrogens with zero attached hydrogens (tertiary/aromatic N) is 2. The summed E-state index contributed by atoms with van der Waals surface area (Å²) in [7, 11) is 0. The lowest BCUT2D eigenvalue weighted by Crippen LogP contribution is -2.12. The number of fused-ring (bicyclic) bond motifs is 3. The lowest BCUT2D eigenvalue weighted by molar-refractivity contribution is 0.596. The molecule has 4 heteroatoms. The Morgan fingerprint density at radius 3 is 2.56 bits per heavy atom. The van der Waals surface area contributed by atoms with Gasteiger partial charge in [0.2, 0.25) is 0 Å². The van der Waals surface area contributed by atoms with Crippen molar-refractivity contribution in [1.29, 1.82) is 0 Å². The molecule has 0 unspecified atom stereocenters. The molecule has 0 spiro atoms. The first-order valence-electron chi connectivity index (χ1n) is 10.7. The molecule has 3 aromatic carbocycles. The fraction of sp³-hybridized carbons (Fsp3) is 0.143. The minimum absolute atomic E-state index is 0.0263. The maximum atomic E-state index is 5.61. The van der Waals surface area contributed by atoms with Gasteiger partial charge in [0.1, 0.15) is 16.7 Å². The number of hydrogen-bond acceptors (Lipinski definition) is 4. The average molecular weight is 435 g/mol. The van der Waals surface area contributed by atoms with Crippen LogP contribution in [-0.4, -0.2) is 9.97 Å². The van der Waals surface area contributed by atoms with Crippen molar-refractivity contribution in [2.24, 2.45) is 0 Å². The smallest absolute Gasteiger partial charge is 0.134 e. The molecule has 0 aliphatic carbocycles. The van der Waals surface area contributed by atoms with Gasteiger partial charge in [-0.15, -0.1) is 11.3 Å². The van der Waals surface area contributed by atoms with Crippen LogP contribution in [0, 0.1) is 0 Å². The minimum atomic E-state index is 0.0263. The third-order valence-electron chi connectivity index (χ3n) is 6.03. The van der Waals surface area contributed by atoms with Gasteiger partial charge in [-0.1, -0.05) is 57.2 Å². The summed E-state index contributed by atoms with van der Waals surface area (Å²) in [6, 6.07) is 23.6. The summed E-state index contributed by atoms with van der Waals surface area (Å²) in [4.78, 5) is 11.5. The number of thiophene rings is 1. The van der Waals surface area contributed by atoms with E-state index in [4.69, 9.17) is 9.40 Å². The Bertz CT molecular complexity index is 1620. The average Bonchev–Trinajstić information content (AvgIpc) is 3.44. The Kier molecular flexibility index (Phi) is 4.21. The molecule has 0 amide bonds. The van der Waals surface area contributed by atoms with Crippen molar-refractivity contribution < 1.29 is 4.42 Å². The van der Waals surface area contributed by atoms with Gasteiger partial charge in [-0.25, -0.2) is 9.97 Å². The molecule has 0 atom stereocenters. The second kappa shape index (κ2) is 7.01. The molecule has 6 aromatic rings. The zero-order chi connectivity index (χ0) is 21.9. The van der Waals surface area contributed by atoms with Crippen molar-refractivity contribution in [2.45, 2.75) is 26.2 Å². The van der Waals surface area contributed by atoms with Gasteiger partial charge in [0.15, 0.2) is 0 Å². The number of benzene rings is 3. The van der Waals surface area contributed by atoms with Crippen LogP contribution in [-0.2, 0) is 5.41 Å². The van der Waals surface area contributed by atoms with Crippen molar-refractivity contribution in [2.75, 3.05) is 0 Å². The first-order chi connectivity index (χ1) is 15.5. The van der Waals surface area contributed by atoms with E-state index in [0.29, 0.717) is 0 Å². The Morgan fingerprint density at radius 2 is 1.69 bits per heavy atom. The monoisotopic (exact) mass is 434 g/mol. The molecule has 0 N–H and O–H groups in total. The quantitative estimate of drug-likeness (QED) is 0.275. The zero-order valence-corrected chi connectivity index (χ0v) is 19.0. The number of hydrogen-bond donors (Lipinski definition) is 0. The van der Waals surface area contributed by atoms with E-state index in [1.54, 1.807) is 23.9 Å². The van der Waals surface area contributed by atoms with E-state index >= 15 is 0 Å². The molecular formula is C28H22N2OS. The first-order valence-corrected chi connectivity index (χ1v) is 11.6. The third kappa shape index (κ3) is 3.02. The van der Waals surface area contributed by atoms with E-state index in [0.717, 1.165) is 32.4 Å². The standard InChI is InChI=1S/C28H22N2OS/c1-28(2,3)23-14-18(13-17-7-4-5-8-19(17)23)26-22-15-25(32-27(22)30-16-29-26)21-9-6-10-24-20(21)11-12-31-24/h4-16H,1-3H3. The Labute approximate surface area is 190 Å². The van der Waals surface area contributed by atoms with E-state index in [1.807, 2.05) is 18.2 Å². The molecule has 32 heavy (non-hydrogen) atoms.